The van der Waals surface area contributed by atoms with E-state index in [0.717, 1.165) is 6.54 Å². The highest BCUT2D eigenvalue weighted by Crippen LogP contribution is 2.45. The SMILES string of the molecule is CC(C)=CCNC1CC(C)(C)CC(C)(C)C1. The predicted molar refractivity (Wildman–Crippen MR) is 72.6 cm³/mol. The first kappa shape index (κ1) is 13.8. The van der Waals surface area contributed by atoms with Crippen LogP contribution in [0.5, 0.6) is 0 Å². The van der Waals surface area contributed by atoms with Gasteiger partial charge in [-0.15, -0.1) is 0 Å². The van der Waals surface area contributed by atoms with Gasteiger partial charge in [0, 0.05) is 12.6 Å². The van der Waals surface area contributed by atoms with Gasteiger partial charge in [0.25, 0.3) is 0 Å². The Bertz CT molecular complexity index is 241. The Balaban J connectivity index is 2.51. The zero-order chi connectivity index (χ0) is 12.4. The molecule has 0 aromatic heterocycles. The summed E-state index contributed by atoms with van der Waals surface area (Å²) in [4.78, 5) is 0. The number of nitrogens with one attached hydrogen (secondary N) is 1. The van der Waals surface area contributed by atoms with E-state index in [9.17, 15) is 0 Å². The fraction of sp³-hybridized carbons (Fsp3) is 0.867. The lowest BCUT2D eigenvalue weighted by Crippen LogP contribution is -2.43. The van der Waals surface area contributed by atoms with Crippen molar-refractivity contribution in [2.75, 3.05) is 6.54 Å². The molecule has 0 unspecified atom stereocenters. The standard InChI is InChI=1S/C15H29N/c1-12(2)7-8-16-13-9-14(3,4)11-15(5,6)10-13/h7,13,16H,8-11H2,1-6H3. The molecule has 0 saturated heterocycles. The summed E-state index contributed by atoms with van der Waals surface area (Å²) in [5.41, 5.74) is 2.39. The van der Waals surface area contributed by atoms with Gasteiger partial charge in [-0.1, -0.05) is 39.3 Å². The van der Waals surface area contributed by atoms with E-state index in [4.69, 9.17) is 0 Å². The molecule has 1 saturated carbocycles. The third-order valence-corrected chi connectivity index (χ3v) is 3.47. The second-order valence-corrected chi connectivity index (χ2v) is 7.30. The molecule has 94 valence electrons. The number of hydrogen-bond acceptors (Lipinski definition) is 1. The lowest BCUT2D eigenvalue weighted by Gasteiger charge is -2.45. The fourth-order valence-electron chi connectivity index (χ4n) is 3.42. The van der Waals surface area contributed by atoms with Crippen molar-refractivity contribution in [3.63, 3.8) is 0 Å². The highest BCUT2D eigenvalue weighted by atomic mass is 14.9. The van der Waals surface area contributed by atoms with Crippen molar-refractivity contribution in [2.45, 2.75) is 66.8 Å². The van der Waals surface area contributed by atoms with Gasteiger partial charge in [0.15, 0.2) is 0 Å². The number of hydrogen-bond donors (Lipinski definition) is 1. The van der Waals surface area contributed by atoms with Gasteiger partial charge in [0.1, 0.15) is 0 Å². The monoisotopic (exact) mass is 223 g/mol. The van der Waals surface area contributed by atoms with Gasteiger partial charge < -0.3 is 5.32 Å². The maximum atomic E-state index is 3.69. The van der Waals surface area contributed by atoms with Crippen LogP contribution in [0, 0.1) is 10.8 Å². The van der Waals surface area contributed by atoms with E-state index >= 15 is 0 Å². The minimum Gasteiger partial charge on any atom is -0.310 e. The van der Waals surface area contributed by atoms with Gasteiger partial charge in [-0.2, -0.15) is 0 Å². The second-order valence-electron chi connectivity index (χ2n) is 7.30. The molecule has 1 N–H and O–H groups in total. The lowest BCUT2D eigenvalue weighted by atomic mass is 9.63. The van der Waals surface area contributed by atoms with E-state index in [1.165, 1.54) is 24.8 Å². The van der Waals surface area contributed by atoms with Crippen LogP contribution in [0.2, 0.25) is 0 Å². The molecule has 0 radical (unpaired) electrons. The third kappa shape index (κ3) is 4.69. The third-order valence-electron chi connectivity index (χ3n) is 3.47. The van der Waals surface area contributed by atoms with E-state index in [1.807, 2.05) is 0 Å². The van der Waals surface area contributed by atoms with Crippen molar-refractivity contribution >= 4 is 0 Å². The topological polar surface area (TPSA) is 12.0 Å². The van der Waals surface area contributed by atoms with E-state index < -0.39 is 0 Å². The molecule has 1 nitrogen and oxygen atoms in total. The summed E-state index contributed by atoms with van der Waals surface area (Å²) in [7, 11) is 0. The lowest BCUT2D eigenvalue weighted by molar-refractivity contribution is 0.0866. The summed E-state index contributed by atoms with van der Waals surface area (Å²) in [5.74, 6) is 0. The summed E-state index contributed by atoms with van der Waals surface area (Å²) < 4.78 is 0. The zero-order valence-corrected chi connectivity index (χ0v) is 12.0. The molecule has 1 fully saturated rings. The summed E-state index contributed by atoms with van der Waals surface area (Å²) in [5, 5.41) is 3.69. The molecule has 1 heteroatoms. The molecule has 0 amide bonds. The maximum Gasteiger partial charge on any atom is 0.0139 e. The molecular weight excluding hydrogens is 194 g/mol. The van der Waals surface area contributed by atoms with Crippen LogP contribution in [-0.2, 0) is 0 Å². The van der Waals surface area contributed by atoms with Crippen LogP contribution in [-0.4, -0.2) is 12.6 Å². The first-order valence-corrected chi connectivity index (χ1v) is 6.57. The normalized spacial score (nSPS) is 24.1. The first-order chi connectivity index (χ1) is 7.20. The van der Waals surface area contributed by atoms with Gasteiger partial charge in [0.05, 0.1) is 0 Å². The van der Waals surface area contributed by atoms with Crippen molar-refractivity contribution < 1.29 is 0 Å². The van der Waals surface area contributed by atoms with E-state index in [-0.39, 0.29) is 0 Å². The van der Waals surface area contributed by atoms with Crippen LogP contribution in [0.1, 0.15) is 60.8 Å². The summed E-state index contributed by atoms with van der Waals surface area (Å²) in [6.07, 6.45) is 6.26. The minimum atomic E-state index is 0.490. The van der Waals surface area contributed by atoms with Gasteiger partial charge in [-0.25, -0.2) is 0 Å². The Kier molecular flexibility index (Phi) is 4.23. The zero-order valence-electron chi connectivity index (χ0n) is 12.0. The van der Waals surface area contributed by atoms with Crippen LogP contribution in [0.25, 0.3) is 0 Å². The van der Waals surface area contributed by atoms with Crippen molar-refractivity contribution in [2.24, 2.45) is 10.8 Å². The van der Waals surface area contributed by atoms with Crippen molar-refractivity contribution in [3.05, 3.63) is 11.6 Å². The van der Waals surface area contributed by atoms with E-state index in [2.05, 4.69) is 52.9 Å². The molecule has 1 aliphatic carbocycles. The van der Waals surface area contributed by atoms with Crippen LogP contribution < -0.4 is 5.32 Å². The fourth-order valence-corrected chi connectivity index (χ4v) is 3.42. The quantitative estimate of drug-likeness (QED) is 0.709. The smallest absolute Gasteiger partial charge is 0.0139 e. The first-order valence-electron chi connectivity index (χ1n) is 6.57. The molecule has 16 heavy (non-hydrogen) atoms. The highest BCUT2D eigenvalue weighted by Gasteiger charge is 2.37. The van der Waals surface area contributed by atoms with Crippen molar-refractivity contribution in [1.29, 1.82) is 0 Å². The largest absolute Gasteiger partial charge is 0.310 e. The Hall–Kier alpha value is -0.300. The molecule has 0 heterocycles. The Morgan fingerprint density at radius 3 is 2.06 bits per heavy atom. The minimum absolute atomic E-state index is 0.490. The molecule has 0 aromatic carbocycles. The number of allylic oxidation sites excluding steroid dienone is 1. The molecule has 0 atom stereocenters. The van der Waals surface area contributed by atoms with Crippen LogP contribution in [0.3, 0.4) is 0 Å². The summed E-state index contributed by atoms with van der Waals surface area (Å²) in [6.45, 7) is 15.0. The summed E-state index contributed by atoms with van der Waals surface area (Å²) in [6, 6.07) is 0.689. The Morgan fingerprint density at radius 1 is 1.12 bits per heavy atom. The predicted octanol–water partition coefficient (Wildman–Crippen LogP) is 4.15. The van der Waals surface area contributed by atoms with E-state index in [1.54, 1.807) is 0 Å². The van der Waals surface area contributed by atoms with Crippen molar-refractivity contribution in [1.82, 2.24) is 5.32 Å². The van der Waals surface area contributed by atoms with Crippen molar-refractivity contribution in [3.8, 4) is 0 Å². The molecule has 0 spiro atoms. The van der Waals surface area contributed by atoms with Gasteiger partial charge >= 0.3 is 0 Å². The average Bonchev–Trinajstić information content (AvgIpc) is 1.96. The molecule has 0 aromatic rings. The maximum absolute atomic E-state index is 3.69. The Labute approximate surface area is 102 Å². The molecular formula is C15H29N. The summed E-state index contributed by atoms with van der Waals surface area (Å²) >= 11 is 0. The van der Waals surface area contributed by atoms with Crippen LogP contribution in [0.4, 0.5) is 0 Å². The van der Waals surface area contributed by atoms with Gasteiger partial charge in [-0.05, 0) is 43.9 Å². The number of rotatable bonds is 3. The molecule has 0 aliphatic heterocycles. The second kappa shape index (κ2) is 4.91. The van der Waals surface area contributed by atoms with Gasteiger partial charge in [0.2, 0.25) is 0 Å². The van der Waals surface area contributed by atoms with Gasteiger partial charge in [-0.3, -0.25) is 0 Å². The highest BCUT2D eigenvalue weighted by molar-refractivity contribution is 4.97. The molecule has 1 rings (SSSR count). The molecule has 1 aliphatic rings. The van der Waals surface area contributed by atoms with Crippen LogP contribution >= 0.6 is 0 Å². The van der Waals surface area contributed by atoms with E-state index in [0.29, 0.717) is 16.9 Å². The average molecular weight is 223 g/mol. The van der Waals surface area contributed by atoms with Crippen LogP contribution in [0.15, 0.2) is 11.6 Å². The molecule has 0 bridgehead atoms. The Morgan fingerprint density at radius 2 is 1.62 bits per heavy atom.